The van der Waals surface area contributed by atoms with E-state index in [0.29, 0.717) is 0 Å². The third kappa shape index (κ3) is 2.89. The summed E-state index contributed by atoms with van der Waals surface area (Å²) in [5.41, 5.74) is -0.675. The summed E-state index contributed by atoms with van der Waals surface area (Å²) in [6.45, 7) is 0. The Labute approximate surface area is 102 Å². The molecule has 0 atom stereocenters. The van der Waals surface area contributed by atoms with Gasteiger partial charge in [0.1, 0.15) is 0 Å². The zero-order valence-corrected chi connectivity index (χ0v) is 9.85. The summed E-state index contributed by atoms with van der Waals surface area (Å²) in [4.78, 5) is 7.23. The van der Waals surface area contributed by atoms with Crippen molar-refractivity contribution in [3.05, 3.63) is 22.7 Å². The number of alkyl halides is 3. The van der Waals surface area contributed by atoms with Crippen molar-refractivity contribution in [3.63, 3.8) is 0 Å². The molecule has 1 fully saturated rings. The molecule has 6 heteroatoms. The lowest BCUT2D eigenvalue weighted by Gasteiger charge is -2.23. The van der Waals surface area contributed by atoms with E-state index in [9.17, 15) is 13.2 Å². The Kier molecular flexibility index (Phi) is 3.56. The highest BCUT2D eigenvalue weighted by Crippen LogP contribution is 2.39. The molecule has 1 saturated carbocycles. The molecule has 1 aromatic heterocycles. The van der Waals surface area contributed by atoms with Crippen LogP contribution in [0.3, 0.4) is 0 Å². The Morgan fingerprint density at radius 2 is 1.82 bits per heavy atom. The van der Waals surface area contributed by atoms with E-state index < -0.39 is 11.7 Å². The highest BCUT2D eigenvalue weighted by atomic mass is 35.5. The van der Waals surface area contributed by atoms with Crippen LogP contribution in [0, 0.1) is 0 Å². The van der Waals surface area contributed by atoms with Gasteiger partial charge in [0.25, 0.3) is 0 Å². The van der Waals surface area contributed by atoms with Crippen molar-refractivity contribution in [1.82, 2.24) is 9.97 Å². The molecule has 0 aromatic carbocycles. The Balaban J connectivity index is 2.39. The van der Waals surface area contributed by atoms with Crippen LogP contribution in [-0.4, -0.2) is 9.97 Å². The van der Waals surface area contributed by atoms with E-state index in [0.717, 1.165) is 38.3 Å². The highest BCUT2D eigenvalue weighted by Gasteiger charge is 2.37. The van der Waals surface area contributed by atoms with Gasteiger partial charge in [-0.25, -0.2) is 9.97 Å². The largest absolute Gasteiger partial charge is 0.419 e. The van der Waals surface area contributed by atoms with Crippen LogP contribution in [-0.2, 0) is 6.18 Å². The van der Waals surface area contributed by atoms with E-state index >= 15 is 0 Å². The van der Waals surface area contributed by atoms with Crippen LogP contribution < -0.4 is 0 Å². The van der Waals surface area contributed by atoms with Crippen LogP contribution in [0.15, 0.2) is 6.20 Å². The first-order valence-corrected chi connectivity index (χ1v) is 5.96. The zero-order chi connectivity index (χ0) is 12.5. The van der Waals surface area contributed by atoms with Crippen LogP contribution in [0.2, 0.25) is 5.28 Å². The van der Waals surface area contributed by atoms with Gasteiger partial charge in [0.15, 0.2) is 0 Å². The van der Waals surface area contributed by atoms with Crippen molar-refractivity contribution in [3.8, 4) is 0 Å². The monoisotopic (exact) mass is 264 g/mol. The topological polar surface area (TPSA) is 25.8 Å². The van der Waals surface area contributed by atoms with Gasteiger partial charge < -0.3 is 0 Å². The quantitative estimate of drug-likeness (QED) is 0.711. The smallest absolute Gasteiger partial charge is 0.226 e. The summed E-state index contributed by atoms with van der Waals surface area (Å²) in [6, 6.07) is 0. The molecular formula is C11H12ClF3N2. The van der Waals surface area contributed by atoms with E-state index in [1.54, 1.807) is 0 Å². The van der Waals surface area contributed by atoms with E-state index in [-0.39, 0.29) is 16.9 Å². The van der Waals surface area contributed by atoms with Crippen LogP contribution in [0.1, 0.15) is 49.3 Å². The van der Waals surface area contributed by atoms with Crippen LogP contribution in [0.5, 0.6) is 0 Å². The van der Waals surface area contributed by atoms with E-state index in [1.165, 1.54) is 0 Å². The molecule has 1 aromatic rings. The maximum atomic E-state index is 12.8. The molecule has 1 aliphatic rings. The lowest BCUT2D eigenvalue weighted by atomic mass is 9.85. The first-order valence-electron chi connectivity index (χ1n) is 5.58. The van der Waals surface area contributed by atoms with Gasteiger partial charge >= 0.3 is 6.18 Å². The van der Waals surface area contributed by atoms with Crippen LogP contribution >= 0.6 is 11.6 Å². The fourth-order valence-corrected chi connectivity index (χ4v) is 2.42. The van der Waals surface area contributed by atoms with Crippen molar-refractivity contribution in [2.75, 3.05) is 0 Å². The molecule has 1 aliphatic carbocycles. The number of hydrogen-bond acceptors (Lipinski definition) is 2. The minimum Gasteiger partial charge on any atom is -0.226 e. The van der Waals surface area contributed by atoms with Gasteiger partial charge in [0.05, 0.1) is 11.3 Å². The number of nitrogens with zero attached hydrogens (tertiary/aromatic N) is 2. The van der Waals surface area contributed by atoms with Gasteiger partial charge in [0.2, 0.25) is 5.28 Å². The number of aromatic nitrogens is 2. The van der Waals surface area contributed by atoms with Crippen LogP contribution in [0.25, 0.3) is 0 Å². The minimum absolute atomic E-state index is 0.0669. The molecule has 2 nitrogen and oxygen atoms in total. The predicted molar refractivity (Wildman–Crippen MR) is 57.9 cm³/mol. The summed E-state index contributed by atoms with van der Waals surface area (Å²) in [5.74, 6) is -0.138. The first kappa shape index (κ1) is 12.6. The summed E-state index contributed by atoms with van der Waals surface area (Å²) in [5, 5.41) is -0.112. The molecule has 0 N–H and O–H groups in total. The van der Waals surface area contributed by atoms with Crippen molar-refractivity contribution in [2.24, 2.45) is 0 Å². The molecule has 0 radical (unpaired) electrons. The summed E-state index contributed by atoms with van der Waals surface area (Å²) in [6.07, 6.45) is 0.854. The van der Waals surface area contributed by atoms with E-state index in [1.807, 2.05) is 0 Å². The molecule has 2 rings (SSSR count). The molecule has 0 spiro atoms. The third-order valence-corrected chi connectivity index (χ3v) is 3.27. The summed E-state index contributed by atoms with van der Waals surface area (Å²) >= 11 is 5.60. The fourth-order valence-electron chi connectivity index (χ4n) is 2.28. The highest BCUT2D eigenvalue weighted by molar-refractivity contribution is 6.28. The standard InChI is InChI=1S/C11H12ClF3N2/c12-10-16-6-8(11(13,14)15)9(17-10)7-4-2-1-3-5-7/h6-7H,1-5H2. The molecule has 17 heavy (non-hydrogen) atoms. The van der Waals surface area contributed by atoms with E-state index in [2.05, 4.69) is 9.97 Å². The number of halogens is 4. The van der Waals surface area contributed by atoms with Crippen LogP contribution in [0.4, 0.5) is 13.2 Å². The molecule has 0 amide bonds. The second kappa shape index (κ2) is 4.80. The van der Waals surface area contributed by atoms with Gasteiger partial charge in [0, 0.05) is 12.1 Å². The number of hydrogen-bond donors (Lipinski definition) is 0. The Hall–Kier alpha value is -0.840. The summed E-state index contributed by atoms with van der Waals surface area (Å²) < 4.78 is 38.4. The third-order valence-electron chi connectivity index (χ3n) is 3.09. The molecule has 0 bridgehead atoms. The predicted octanol–water partition coefficient (Wildman–Crippen LogP) is 4.20. The van der Waals surface area contributed by atoms with Crippen molar-refractivity contribution < 1.29 is 13.2 Å². The minimum atomic E-state index is -4.41. The molecular weight excluding hydrogens is 253 g/mol. The second-order valence-corrected chi connectivity index (χ2v) is 4.61. The zero-order valence-electron chi connectivity index (χ0n) is 9.10. The molecule has 0 saturated heterocycles. The Bertz CT molecular complexity index is 400. The molecule has 1 heterocycles. The Morgan fingerprint density at radius 1 is 1.18 bits per heavy atom. The molecule has 0 aliphatic heterocycles. The second-order valence-electron chi connectivity index (χ2n) is 4.27. The van der Waals surface area contributed by atoms with Gasteiger partial charge in [-0.05, 0) is 24.4 Å². The molecule has 94 valence electrons. The van der Waals surface area contributed by atoms with Gasteiger partial charge in [-0.1, -0.05) is 19.3 Å². The average Bonchev–Trinajstić information content (AvgIpc) is 2.28. The lowest BCUT2D eigenvalue weighted by molar-refractivity contribution is -0.139. The van der Waals surface area contributed by atoms with E-state index in [4.69, 9.17) is 11.6 Å². The Morgan fingerprint density at radius 3 is 2.41 bits per heavy atom. The van der Waals surface area contributed by atoms with Crippen molar-refractivity contribution >= 4 is 11.6 Å². The molecule has 0 unspecified atom stereocenters. The number of rotatable bonds is 1. The van der Waals surface area contributed by atoms with Gasteiger partial charge in [-0.15, -0.1) is 0 Å². The lowest BCUT2D eigenvalue weighted by Crippen LogP contribution is -2.16. The maximum Gasteiger partial charge on any atom is 0.419 e. The van der Waals surface area contributed by atoms with Crippen molar-refractivity contribution in [1.29, 1.82) is 0 Å². The van der Waals surface area contributed by atoms with Gasteiger partial charge in [-0.2, -0.15) is 13.2 Å². The van der Waals surface area contributed by atoms with Gasteiger partial charge in [-0.3, -0.25) is 0 Å². The fraction of sp³-hybridized carbons (Fsp3) is 0.636. The maximum absolute atomic E-state index is 12.8. The average molecular weight is 265 g/mol. The summed E-state index contributed by atoms with van der Waals surface area (Å²) in [7, 11) is 0. The first-order chi connectivity index (χ1) is 7.98. The normalized spacial score (nSPS) is 18.4. The SMILES string of the molecule is FC(F)(F)c1cnc(Cl)nc1C1CCCCC1. The van der Waals surface area contributed by atoms with Crippen molar-refractivity contribution in [2.45, 2.75) is 44.2 Å².